The molecule has 2 aromatic carbocycles. The number of esters is 1. The van der Waals surface area contributed by atoms with Gasteiger partial charge in [-0.1, -0.05) is 90.9 Å². The fourth-order valence-electron chi connectivity index (χ4n) is 6.43. The molecule has 0 saturated heterocycles. The van der Waals surface area contributed by atoms with Gasteiger partial charge in [0.05, 0.1) is 37.6 Å². The number of ketones is 1. The van der Waals surface area contributed by atoms with Gasteiger partial charge in [0.2, 0.25) is 11.8 Å². The first-order valence-corrected chi connectivity index (χ1v) is 18.6. The van der Waals surface area contributed by atoms with E-state index in [-0.39, 0.29) is 43.5 Å². The molecule has 0 spiro atoms. The first-order valence-electron chi connectivity index (χ1n) is 18.6. The first kappa shape index (κ1) is 43.8. The zero-order chi connectivity index (χ0) is 40.4. The highest BCUT2D eigenvalue weighted by molar-refractivity contribution is 5.90. The molecule has 3 N–H and O–H groups in total. The molecule has 294 valence electrons. The smallest absolute Gasteiger partial charge is 0.306 e. The number of carbonyl (C=O) groups is 4. The minimum absolute atomic E-state index is 0.0459. The van der Waals surface area contributed by atoms with Crippen LogP contribution in [0.3, 0.4) is 0 Å². The van der Waals surface area contributed by atoms with E-state index in [0.717, 1.165) is 22.5 Å². The van der Waals surface area contributed by atoms with Gasteiger partial charge in [-0.05, 0) is 65.0 Å². The molecular weight excluding hydrogens is 687 g/mol. The normalized spacial score (nSPS) is 14.6. The summed E-state index contributed by atoms with van der Waals surface area (Å²) >= 11 is 0. The summed E-state index contributed by atoms with van der Waals surface area (Å²) in [5.41, 5.74) is 1.71. The minimum atomic E-state index is -1.28. The third-order valence-electron chi connectivity index (χ3n) is 9.85. The molecule has 3 rings (SSSR count). The van der Waals surface area contributed by atoms with Crippen LogP contribution in [-0.4, -0.2) is 73.1 Å². The van der Waals surface area contributed by atoms with Gasteiger partial charge in [0.1, 0.15) is 11.6 Å². The molecule has 5 atom stereocenters. The van der Waals surface area contributed by atoms with Crippen molar-refractivity contribution < 1.29 is 33.4 Å². The maximum atomic E-state index is 15.0. The average Bonchev–Trinajstić information content (AvgIpc) is 3.11. The van der Waals surface area contributed by atoms with Crippen molar-refractivity contribution >= 4 is 29.4 Å². The molecule has 0 unspecified atom stereocenters. The number of Topliss-reactive ketones (excluding diaryl/α,β-unsaturated/α-hetero) is 1. The summed E-state index contributed by atoms with van der Waals surface area (Å²) in [5, 5.41) is 17.9. The van der Waals surface area contributed by atoms with E-state index in [9.17, 15) is 28.7 Å². The molecule has 0 bridgehead atoms. The molecule has 1 aromatic heterocycles. The molecule has 0 aliphatic rings. The van der Waals surface area contributed by atoms with E-state index >= 15 is 0 Å². The van der Waals surface area contributed by atoms with E-state index in [4.69, 9.17) is 4.74 Å². The SMILES string of the molecule is CCC(=O)[C@@H](NC(=O)[C@H](Cc1ccccc1F)C[C@H](O)[C@H](Cc1ccc(-c2ccc(N(C)C)nc2)cc1)NC(=O)[C@@H](CC(=O)OC)C(C)(C)C)C(C)(C)C. The second kappa shape index (κ2) is 19.1. The number of methoxy groups -OCH3 is 1. The molecule has 3 aromatic rings. The predicted octanol–water partition coefficient (Wildman–Crippen LogP) is 6.33. The summed E-state index contributed by atoms with van der Waals surface area (Å²) < 4.78 is 19.9. The van der Waals surface area contributed by atoms with Crippen LogP contribution in [0.1, 0.15) is 78.9 Å². The Labute approximate surface area is 320 Å². The fraction of sp³-hybridized carbons (Fsp3) is 0.512. The number of hydrogen-bond donors (Lipinski definition) is 3. The number of anilines is 1. The lowest BCUT2D eigenvalue weighted by molar-refractivity contribution is -0.146. The Morgan fingerprint density at radius 1 is 0.852 bits per heavy atom. The van der Waals surface area contributed by atoms with Gasteiger partial charge in [0, 0.05) is 38.2 Å². The van der Waals surface area contributed by atoms with Gasteiger partial charge in [-0.2, -0.15) is 0 Å². The van der Waals surface area contributed by atoms with Crippen LogP contribution < -0.4 is 15.5 Å². The van der Waals surface area contributed by atoms with E-state index in [1.807, 2.05) is 96.9 Å². The maximum absolute atomic E-state index is 15.0. The second-order valence-corrected chi connectivity index (χ2v) is 16.4. The number of rotatable bonds is 17. The highest BCUT2D eigenvalue weighted by Crippen LogP contribution is 2.31. The zero-order valence-electron chi connectivity index (χ0n) is 33.5. The highest BCUT2D eigenvalue weighted by Gasteiger charge is 2.38. The van der Waals surface area contributed by atoms with E-state index < -0.39 is 64.5 Å². The van der Waals surface area contributed by atoms with Crippen LogP contribution in [0.2, 0.25) is 0 Å². The van der Waals surface area contributed by atoms with Crippen LogP contribution in [0.25, 0.3) is 11.1 Å². The van der Waals surface area contributed by atoms with Gasteiger partial charge in [-0.3, -0.25) is 19.2 Å². The van der Waals surface area contributed by atoms with Crippen molar-refractivity contribution in [2.75, 3.05) is 26.1 Å². The molecule has 10 nitrogen and oxygen atoms in total. The van der Waals surface area contributed by atoms with Crippen LogP contribution in [0.15, 0.2) is 66.9 Å². The van der Waals surface area contributed by atoms with Gasteiger partial charge < -0.3 is 25.4 Å². The average molecular weight is 747 g/mol. The molecular formula is C43H59FN4O6. The Bertz CT molecular complexity index is 1710. The van der Waals surface area contributed by atoms with E-state index in [1.165, 1.54) is 13.2 Å². The Balaban J connectivity index is 2.00. The number of aliphatic hydroxyl groups excluding tert-OH is 1. The molecule has 54 heavy (non-hydrogen) atoms. The van der Waals surface area contributed by atoms with Crippen LogP contribution in [0.5, 0.6) is 0 Å². The molecule has 0 fully saturated rings. The zero-order valence-corrected chi connectivity index (χ0v) is 33.5. The monoisotopic (exact) mass is 746 g/mol. The molecule has 0 saturated carbocycles. The van der Waals surface area contributed by atoms with Gasteiger partial charge in [-0.15, -0.1) is 0 Å². The minimum Gasteiger partial charge on any atom is -0.469 e. The molecule has 0 aliphatic heterocycles. The Morgan fingerprint density at radius 2 is 1.48 bits per heavy atom. The van der Waals surface area contributed by atoms with Crippen LogP contribution in [0.4, 0.5) is 10.2 Å². The van der Waals surface area contributed by atoms with E-state index in [1.54, 1.807) is 31.3 Å². The van der Waals surface area contributed by atoms with Crippen molar-refractivity contribution in [2.45, 2.75) is 98.8 Å². The number of benzene rings is 2. The third kappa shape index (κ3) is 12.5. The van der Waals surface area contributed by atoms with Crippen molar-refractivity contribution in [3.05, 3.63) is 83.8 Å². The quantitative estimate of drug-likeness (QED) is 0.137. The first-order chi connectivity index (χ1) is 25.2. The van der Waals surface area contributed by atoms with Crippen LogP contribution >= 0.6 is 0 Å². The molecule has 1 heterocycles. The van der Waals surface area contributed by atoms with Crippen molar-refractivity contribution in [3.63, 3.8) is 0 Å². The number of amides is 2. The lowest BCUT2D eigenvalue weighted by Crippen LogP contribution is -2.53. The Morgan fingerprint density at radius 3 is 2.00 bits per heavy atom. The topological polar surface area (TPSA) is 138 Å². The summed E-state index contributed by atoms with van der Waals surface area (Å²) in [7, 11) is 5.11. The van der Waals surface area contributed by atoms with Crippen LogP contribution in [0, 0.1) is 28.5 Å². The van der Waals surface area contributed by atoms with E-state index in [0.29, 0.717) is 0 Å². The fourth-order valence-corrected chi connectivity index (χ4v) is 6.43. The van der Waals surface area contributed by atoms with Gasteiger partial charge in [0.15, 0.2) is 5.78 Å². The molecule has 11 heteroatoms. The van der Waals surface area contributed by atoms with Crippen molar-refractivity contribution in [2.24, 2.45) is 22.7 Å². The van der Waals surface area contributed by atoms with E-state index in [2.05, 4.69) is 15.6 Å². The van der Waals surface area contributed by atoms with Crippen LogP contribution in [-0.2, 0) is 36.8 Å². The highest BCUT2D eigenvalue weighted by atomic mass is 19.1. The lowest BCUT2D eigenvalue weighted by atomic mass is 9.77. The Hall–Kier alpha value is -4.64. The molecule has 2 amide bonds. The third-order valence-corrected chi connectivity index (χ3v) is 9.85. The van der Waals surface area contributed by atoms with Crippen molar-refractivity contribution in [3.8, 4) is 11.1 Å². The number of carbonyl (C=O) groups excluding carboxylic acids is 4. The predicted molar refractivity (Wildman–Crippen MR) is 210 cm³/mol. The number of ether oxygens (including phenoxy) is 1. The Kier molecular flexibility index (Phi) is 15.5. The van der Waals surface area contributed by atoms with Gasteiger partial charge in [0.25, 0.3) is 0 Å². The summed E-state index contributed by atoms with van der Waals surface area (Å²) in [5.74, 6) is -3.03. The number of halogens is 1. The number of nitrogens with one attached hydrogen (secondary N) is 2. The molecule has 0 radical (unpaired) electrons. The summed E-state index contributed by atoms with van der Waals surface area (Å²) in [6.07, 6.45) is 0.553. The largest absolute Gasteiger partial charge is 0.469 e. The number of aromatic nitrogens is 1. The van der Waals surface area contributed by atoms with Crippen molar-refractivity contribution in [1.82, 2.24) is 15.6 Å². The van der Waals surface area contributed by atoms with Crippen molar-refractivity contribution in [1.29, 1.82) is 0 Å². The standard InChI is InChI=1S/C43H59FN4O6/c1-11-35(49)39(43(5,6)7)47-40(52)31(23-29-14-12-13-15-33(29)44)24-36(50)34(46-41(53)32(42(2,3)4)25-38(51)54-10)22-27-16-18-28(19-17-27)30-20-21-37(45-26-30)48(8)9/h12-21,26,31-32,34,36,39,50H,11,22-25H2,1-10H3,(H,46,53)(H,47,52)/t31-,32-,34+,36+,39-/m1/s1. The summed E-state index contributed by atoms with van der Waals surface area (Å²) in [4.78, 5) is 59.8. The number of hydrogen-bond acceptors (Lipinski definition) is 8. The van der Waals surface area contributed by atoms with Gasteiger partial charge in [-0.25, -0.2) is 9.37 Å². The molecule has 0 aliphatic carbocycles. The second-order valence-electron chi connectivity index (χ2n) is 16.4. The maximum Gasteiger partial charge on any atom is 0.306 e. The number of pyridine rings is 1. The number of aliphatic hydroxyl groups is 1. The van der Waals surface area contributed by atoms with Gasteiger partial charge >= 0.3 is 5.97 Å². The number of nitrogens with zero attached hydrogens (tertiary/aromatic N) is 2. The summed E-state index contributed by atoms with van der Waals surface area (Å²) in [6, 6.07) is 16.0. The lowest BCUT2D eigenvalue weighted by Gasteiger charge is -2.34. The summed E-state index contributed by atoms with van der Waals surface area (Å²) in [6.45, 7) is 12.9.